The molecule has 0 radical (unpaired) electrons. The maximum absolute atomic E-state index is 16.0. The van der Waals surface area contributed by atoms with E-state index in [0.29, 0.717) is 18.5 Å². The summed E-state index contributed by atoms with van der Waals surface area (Å²) in [5.74, 6) is -1.85. The fourth-order valence-electron chi connectivity index (χ4n) is 5.38. The Morgan fingerprint density at radius 3 is 2.56 bits per heavy atom. The number of anilines is 1. The number of aromatic nitrogens is 7. The van der Waals surface area contributed by atoms with Gasteiger partial charge in [0.2, 0.25) is 5.91 Å². The van der Waals surface area contributed by atoms with E-state index >= 15 is 4.39 Å². The number of nitrogens with zero attached hydrogens (tertiary/aromatic N) is 7. The maximum atomic E-state index is 16.0. The Bertz CT molecular complexity index is 1990. The van der Waals surface area contributed by atoms with Crippen LogP contribution in [0.15, 0.2) is 66.0 Å². The summed E-state index contributed by atoms with van der Waals surface area (Å²) >= 11 is 12.2. The number of hydrogen-bond acceptors (Lipinski definition) is 6. The Hall–Kier alpha value is -4.56. The van der Waals surface area contributed by atoms with Gasteiger partial charge >= 0.3 is 6.30 Å². The zero-order valence-electron chi connectivity index (χ0n) is 23.3. The monoisotopic (exact) mass is 660 g/mol. The normalized spacial score (nSPS) is 17.3. The van der Waals surface area contributed by atoms with Crippen molar-refractivity contribution >= 4 is 34.8 Å². The molecule has 45 heavy (non-hydrogen) atoms. The van der Waals surface area contributed by atoms with Crippen molar-refractivity contribution in [1.82, 2.24) is 34.3 Å². The van der Waals surface area contributed by atoms with Crippen LogP contribution in [0.25, 0.3) is 28.1 Å². The number of carbonyl (C=O) groups is 1. The van der Waals surface area contributed by atoms with Crippen LogP contribution in [0.3, 0.4) is 0 Å². The molecule has 5 aromatic rings. The largest absolute Gasteiger partial charge is 0.505 e. The number of pyridine rings is 2. The van der Waals surface area contributed by atoms with Crippen LogP contribution >= 0.6 is 23.2 Å². The van der Waals surface area contributed by atoms with E-state index in [4.69, 9.17) is 23.2 Å². The van der Waals surface area contributed by atoms with Crippen LogP contribution in [0.2, 0.25) is 10.2 Å². The van der Waals surface area contributed by atoms with Crippen LogP contribution in [-0.2, 0) is 11.1 Å². The first-order chi connectivity index (χ1) is 21.4. The van der Waals surface area contributed by atoms with Gasteiger partial charge in [-0.1, -0.05) is 41.8 Å². The molecule has 0 aliphatic carbocycles. The fraction of sp³-hybridized carbons (Fsp3) is 0.241. The molecular formula is C29H22Cl2F4N8O2. The Kier molecular flexibility index (Phi) is 7.95. The van der Waals surface area contributed by atoms with Crippen molar-refractivity contribution in [1.29, 1.82) is 0 Å². The third-order valence-electron chi connectivity index (χ3n) is 7.55. The average molecular weight is 661 g/mol. The van der Waals surface area contributed by atoms with Crippen molar-refractivity contribution in [2.45, 2.75) is 38.5 Å². The van der Waals surface area contributed by atoms with Crippen molar-refractivity contribution in [2.75, 3.05) is 5.32 Å². The minimum absolute atomic E-state index is 0.0450. The predicted octanol–water partition coefficient (Wildman–Crippen LogP) is 6.62. The fourth-order valence-corrected chi connectivity index (χ4v) is 5.68. The molecule has 6 rings (SSSR count). The van der Waals surface area contributed by atoms with Gasteiger partial charge in [0.25, 0.3) is 5.56 Å². The topological polar surface area (TPSA) is 113 Å². The van der Waals surface area contributed by atoms with Gasteiger partial charge < -0.3 is 9.88 Å². The van der Waals surface area contributed by atoms with Crippen LogP contribution in [-0.4, -0.2) is 40.2 Å². The second-order valence-electron chi connectivity index (χ2n) is 10.5. The molecule has 0 saturated carbocycles. The highest BCUT2D eigenvalue weighted by molar-refractivity contribution is 6.31. The van der Waals surface area contributed by atoms with Crippen molar-refractivity contribution < 1.29 is 22.4 Å². The van der Waals surface area contributed by atoms with E-state index in [0.717, 1.165) is 23.0 Å². The lowest BCUT2D eigenvalue weighted by Gasteiger charge is -2.23. The van der Waals surface area contributed by atoms with E-state index < -0.39 is 41.2 Å². The predicted molar refractivity (Wildman–Crippen MR) is 158 cm³/mol. The van der Waals surface area contributed by atoms with E-state index in [-0.39, 0.29) is 49.4 Å². The van der Waals surface area contributed by atoms with Crippen LogP contribution in [0.4, 0.5) is 23.2 Å². The summed E-state index contributed by atoms with van der Waals surface area (Å²) in [6, 6.07) is 7.57. The molecule has 5 heterocycles. The number of hydrogen-bond donors (Lipinski definition) is 1. The zero-order valence-corrected chi connectivity index (χ0v) is 24.8. The van der Waals surface area contributed by atoms with Crippen molar-refractivity contribution in [3.63, 3.8) is 0 Å². The first kappa shape index (κ1) is 30.5. The van der Waals surface area contributed by atoms with Gasteiger partial charge in [-0.05, 0) is 43.2 Å². The SMILES string of the molecule is C[C@@H]1CCC[C@H](n2cc(F)c(-c3cc(Cl)ccc3-n3cc(Cl)nn3)cc2=O)c2cc(ccn2)-c2c(cnn2C(F)(F)F)NC1=O. The summed E-state index contributed by atoms with van der Waals surface area (Å²) in [4.78, 5) is 30.9. The lowest BCUT2D eigenvalue weighted by Crippen LogP contribution is -2.27. The number of fused-ring (bicyclic) bond motifs is 4. The van der Waals surface area contributed by atoms with Gasteiger partial charge in [-0.2, -0.15) is 9.78 Å². The maximum Gasteiger partial charge on any atom is 0.505 e. The van der Waals surface area contributed by atoms with Gasteiger partial charge in [0, 0.05) is 46.1 Å². The number of nitrogens with one attached hydrogen (secondary N) is 1. The number of amides is 1. The molecule has 2 atom stereocenters. The minimum Gasteiger partial charge on any atom is -0.323 e. The van der Waals surface area contributed by atoms with Crippen LogP contribution in [0.1, 0.15) is 37.9 Å². The summed E-state index contributed by atoms with van der Waals surface area (Å²) in [6.07, 6.45) is 0.773. The summed E-state index contributed by atoms with van der Waals surface area (Å²) in [5.41, 5.74) is -0.327. The molecule has 1 amide bonds. The summed E-state index contributed by atoms with van der Waals surface area (Å²) in [7, 11) is 0. The van der Waals surface area contributed by atoms with E-state index in [9.17, 15) is 22.8 Å². The second kappa shape index (κ2) is 11.7. The third kappa shape index (κ3) is 5.94. The molecule has 232 valence electrons. The Morgan fingerprint density at radius 2 is 1.82 bits per heavy atom. The molecule has 1 aliphatic heterocycles. The quantitative estimate of drug-likeness (QED) is 0.218. The Labute approximate surface area is 262 Å². The van der Waals surface area contributed by atoms with Crippen molar-refractivity contribution in [3.8, 4) is 28.1 Å². The lowest BCUT2D eigenvalue weighted by atomic mass is 9.96. The third-order valence-corrected chi connectivity index (χ3v) is 7.96. The van der Waals surface area contributed by atoms with E-state index in [1.807, 2.05) is 0 Å². The van der Waals surface area contributed by atoms with Gasteiger partial charge in [-0.25, -0.2) is 9.07 Å². The molecule has 0 spiro atoms. The average Bonchev–Trinajstić information content (AvgIpc) is 3.62. The first-order valence-corrected chi connectivity index (χ1v) is 14.4. The van der Waals surface area contributed by atoms with Crippen molar-refractivity contribution in [2.24, 2.45) is 5.92 Å². The van der Waals surface area contributed by atoms with Gasteiger partial charge in [0.1, 0.15) is 11.5 Å². The van der Waals surface area contributed by atoms with Gasteiger partial charge in [-0.15, -0.1) is 18.3 Å². The highest BCUT2D eigenvalue weighted by Gasteiger charge is 2.37. The molecular weight excluding hydrogens is 639 g/mol. The van der Waals surface area contributed by atoms with Crippen LogP contribution < -0.4 is 10.9 Å². The highest BCUT2D eigenvalue weighted by Crippen LogP contribution is 2.37. The van der Waals surface area contributed by atoms with Gasteiger partial charge in [0.05, 0.1) is 35.5 Å². The molecule has 1 aromatic carbocycles. The first-order valence-electron chi connectivity index (χ1n) is 13.6. The summed E-state index contributed by atoms with van der Waals surface area (Å²) in [6.45, 7) is 1.65. The number of benzene rings is 1. The van der Waals surface area contributed by atoms with Crippen LogP contribution in [0.5, 0.6) is 0 Å². The molecule has 1 aliphatic rings. The number of halogens is 6. The Morgan fingerprint density at radius 1 is 1.02 bits per heavy atom. The number of carbonyl (C=O) groups excluding carboxylic acids is 1. The molecule has 0 saturated heterocycles. The minimum atomic E-state index is -4.89. The highest BCUT2D eigenvalue weighted by atomic mass is 35.5. The number of rotatable bonds is 3. The van der Waals surface area contributed by atoms with E-state index in [2.05, 4.69) is 25.7 Å². The van der Waals surface area contributed by atoms with Gasteiger partial charge in [0.15, 0.2) is 5.15 Å². The molecule has 10 nitrogen and oxygen atoms in total. The zero-order chi connectivity index (χ0) is 32.0. The Balaban J connectivity index is 1.49. The van der Waals surface area contributed by atoms with Crippen molar-refractivity contribution in [3.05, 3.63) is 93.2 Å². The molecule has 16 heteroatoms. The van der Waals surface area contributed by atoms with E-state index in [1.165, 1.54) is 35.3 Å². The van der Waals surface area contributed by atoms with E-state index in [1.54, 1.807) is 19.1 Å². The lowest BCUT2D eigenvalue weighted by molar-refractivity contribution is -0.210. The summed E-state index contributed by atoms with van der Waals surface area (Å²) in [5, 5.41) is 14.1. The summed E-state index contributed by atoms with van der Waals surface area (Å²) < 4.78 is 60.2. The van der Waals surface area contributed by atoms with Crippen LogP contribution in [0, 0.1) is 11.7 Å². The standard InChI is InChI=1S/C29H22Cl2F4N8O2/c1-15-3-2-4-24(21-9-16(7-8-36-21)27-22(38-28(15)45)12-37-43(27)29(33,34)35)41-13-20(32)18(11-26(41)44)19-10-17(30)5-6-23(19)42-14-25(31)39-40-42/h5-15,24H,2-4H2,1H3,(H,38,45)/t15-,24+/m1/s1. The molecule has 2 bridgehead atoms. The molecule has 0 unspecified atom stereocenters. The van der Waals surface area contributed by atoms with Gasteiger partial charge in [-0.3, -0.25) is 14.6 Å². The molecule has 0 fully saturated rings. The smallest absolute Gasteiger partial charge is 0.323 e. The number of alkyl halides is 3. The second-order valence-corrected chi connectivity index (χ2v) is 11.3. The molecule has 4 aromatic heterocycles. The molecule has 1 N–H and O–H groups in total.